The second-order valence-electron chi connectivity index (χ2n) is 4.69. The van der Waals surface area contributed by atoms with Gasteiger partial charge in [0.15, 0.2) is 6.23 Å². The Labute approximate surface area is 125 Å². The van der Waals surface area contributed by atoms with Crippen molar-refractivity contribution in [3.63, 3.8) is 0 Å². The van der Waals surface area contributed by atoms with E-state index in [4.69, 9.17) is 9.47 Å². The molecule has 0 aromatic heterocycles. The normalized spacial score (nSPS) is 14.3. The molecule has 6 nitrogen and oxygen atoms in total. The number of nitrogens with one attached hydrogen (secondary N) is 1. The van der Waals surface area contributed by atoms with Crippen LogP contribution in [0.2, 0.25) is 0 Å². The number of rotatable bonds is 7. The number of esters is 1. The number of carbonyl (C=O) groups is 1. The second kappa shape index (κ2) is 7.42. The first-order valence-corrected chi connectivity index (χ1v) is 8.15. The first-order valence-electron chi connectivity index (χ1n) is 6.67. The van der Waals surface area contributed by atoms with Crippen LogP contribution < -0.4 is 9.46 Å². The van der Waals surface area contributed by atoms with Crippen molar-refractivity contribution < 1.29 is 22.7 Å². The van der Waals surface area contributed by atoms with E-state index >= 15 is 0 Å². The molecule has 0 fully saturated rings. The zero-order valence-electron chi connectivity index (χ0n) is 12.6. The smallest absolute Gasteiger partial charge is 0.310 e. The number of hydrogen-bond donors (Lipinski definition) is 1. The van der Waals surface area contributed by atoms with Crippen LogP contribution in [0.4, 0.5) is 0 Å². The molecule has 0 aliphatic carbocycles. The maximum absolute atomic E-state index is 12.1. The summed E-state index contributed by atoms with van der Waals surface area (Å²) < 4.78 is 36.6. The summed E-state index contributed by atoms with van der Waals surface area (Å²) in [5, 5.41) is 0. The summed E-state index contributed by atoms with van der Waals surface area (Å²) in [6, 6.07) is 5.93. The molecule has 1 aromatic carbocycles. The Bertz CT molecular complexity index is 568. The van der Waals surface area contributed by atoms with Crippen LogP contribution in [0.25, 0.3) is 0 Å². The van der Waals surface area contributed by atoms with Crippen LogP contribution >= 0.6 is 0 Å². The SMILES string of the molecule is CCC(C)C(=O)OC(C)NS(=O)(=O)c1ccc(OC)cc1. The number of methoxy groups -OCH3 is 1. The lowest BCUT2D eigenvalue weighted by molar-refractivity contribution is -0.153. The minimum absolute atomic E-state index is 0.0785. The molecule has 0 heterocycles. The maximum Gasteiger partial charge on any atom is 0.310 e. The third kappa shape index (κ3) is 5.02. The molecule has 2 unspecified atom stereocenters. The quantitative estimate of drug-likeness (QED) is 0.614. The van der Waals surface area contributed by atoms with Gasteiger partial charge in [0, 0.05) is 0 Å². The minimum atomic E-state index is -3.75. The van der Waals surface area contributed by atoms with Gasteiger partial charge in [-0.05, 0) is 37.6 Å². The molecule has 0 saturated heterocycles. The van der Waals surface area contributed by atoms with Gasteiger partial charge in [-0.1, -0.05) is 13.8 Å². The fourth-order valence-corrected chi connectivity index (χ4v) is 2.64. The van der Waals surface area contributed by atoms with Gasteiger partial charge in [-0.15, -0.1) is 0 Å². The molecule has 0 aliphatic heterocycles. The van der Waals surface area contributed by atoms with Crippen LogP contribution in [-0.2, 0) is 19.6 Å². The van der Waals surface area contributed by atoms with E-state index < -0.39 is 22.2 Å². The first-order chi connectivity index (χ1) is 9.80. The van der Waals surface area contributed by atoms with E-state index in [-0.39, 0.29) is 10.8 Å². The van der Waals surface area contributed by atoms with E-state index in [1.54, 1.807) is 19.1 Å². The van der Waals surface area contributed by atoms with E-state index in [9.17, 15) is 13.2 Å². The van der Waals surface area contributed by atoms with Gasteiger partial charge in [0.1, 0.15) is 5.75 Å². The van der Waals surface area contributed by atoms with Gasteiger partial charge in [0.2, 0.25) is 10.0 Å². The summed E-state index contributed by atoms with van der Waals surface area (Å²) >= 11 is 0. The molecule has 0 bridgehead atoms. The van der Waals surface area contributed by atoms with E-state index in [1.807, 2.05) is 6.92 Å². The number of carbonyl (C=O) groups excluding carboxylic acids is 1. The fourth-order valence-electron chi connectivity index (χ4n) is 1.52. The highest BCUT2D eigenvalue weighted by atomic mass is 32.2. The summed E-state index contributed by atoms with van der Waals surface area (Å²) in [7, 11) is -2.25. The Morgan fingerprint density at radius 2 is 1.81 bits per heavy atom. The van der Waals surface area contributed by atoms with Crippen molar-refractivity contribution in [2.24, 2.45) is 5.92 Å². The van der Waals surface area contributed by atoms with Crippen molar-refractivity contribution >= 4 is 16.0 Å². The predicted molar refractivity (Wildman–Crippen MR) is 78.3 cm³/mol. The lowest BCUT2D eigenvalue weighted by Gasteiger charge is -2.17. The Morgan fingerprint density at radius 3 is 2.29 bits per heavy atom. The van der Waals surface area contributed by atoms with Crippen LogP contribution in [0.15, 0.2) is 29.2 Å². The summed E-state index contributed by atoms with van der Waals surface area (Å²) in [5.74, 6) is -0.134. The highest BCUT2D eigenvalue weighted by molar-refractivity contribution is 7.89. The zero-order valence-corrected chi connectivity index (χ0v) is 13.4. The van der Waals surface area contributed by atoms with E-state index in [2.05, 4.69) is 4.72 Å². The third-order valence-electron chi connectivity index (χ3n) is 3.00. The zero-order chi connectivity index (χ0) is 16.0. The molecule has 1 aromatic rings. The van der Waals surface area contributed by atoms with E-state index in [0.717, 1.165) is 0 Å². The van der Waals surface area contributed by atoms with Crippen molar-refractivity contribution in [1.29, 1.82) is 0 Å². The van der Waals surface area contributed by atoms with Gasteiger partial charge < -0.3 is 9.47 Å². The van der Waals surface area contributed by atoms with Crippen LogP contribution in [-0.4, -0.2) is 27.7 Å². The van der Waals surface area contributed by atoms with Crippen LogP contribution in [0.3, 0.4) is 0 Å². The highest BCUT2D eigenvalue weighted by Gasteiger charge is 2.21. The average molecular weight is 315 g/mol. The summed E-state index contributed by atoms with van der Waals surface area (Å²) in [5.41, 5.74) is 0. The molecule has 1 rings (SSSR count). The van der Waals surface area contributed by atoms with Gasteiger partial charge in [-0.3, -0.25) is 4.79 Å². The topological polar surface area (TPSA) is 81.7 Å². The van der Waals surface area contributed by atoms with Crippen LogP contribution in [0.5, 0.6) is 5.75 Å². The molecular weight excluding hydrogens is 294 g/mol. The number of benzene rings is 1. The number of sulfonamides is 1. The molecule has 0 aliphatic rings. The van der Waals surface area contributed by atoms with Crippen LogP contribution in [0, 0.1) is 5.92 Å². The summed E-state index contributed by atoms with van der Waals surface area (Å²) in [6.45, 7) is 5.06. The highest BCUT2D eigenvalue weighted by Crippen LogP contribution is 2.16. The Hall–Kier alpha value is -1.60. The Kier molecular flexibility index (Phi) is 6.17. The number of hydrogen-bond acceptors (Lipinski definition) is 5. The monoisotopic (exact) mass is 315 g/mol. The molecule has 21 heavy (non-hydrogen) atoms. The van der Waals surface area contributed by atoms with Gasteiger partial charge >= 0.3 is 5.97 Å². The van der Waals surface area contributed by atoms with Gasteiger partial charge in [0.25, 0.3) is 0 Å². The lowest BCUT2D eigenvalue weighted by atomic mass is 10.1. The minimum Gasteiger partial charge on any atom is -0.497 e. The molecule has 0 spiro atoms. The van der Waals surface area contributed by atoms with E-state index in [0.29, 0.717) is 12.2 Å². The Balaban J connectivity index is 2.73. The van der Waals surface area contributed by atoms with Crippen molar-refractivity contribution in [2.75, 3.05) is 7.11 Å². The van der Waals surface area contributed by atoms with Crippen molar-refractivity contribution in [2.45, 2.75) is 38.3 Å². The fraction of sp³-hybridized carbons (Fsp3) is 0.500. The molecule has 1 N–H and O–H groups in total. The molecule has 0 saturated carbocycles. The van der Waals surface area contributed by atoms with Crippen LogP contribution in [0.1, 0.15) is 27.2 Å². The first kappa shape index (κ1) is 17.5. The van der Waals surface area contributed by atoms with Crippen molar-refractivity contribution in [3.05, 3.63) is 24.3 Å². The van der Waals surface area contributed by atoms with Crippen molar-refractivity contribution in [3.8, 4) is 5.75 Å². The third-order valence-corrected chi connectivity index (χ3v) is 4.53. The Morgan fingerprint density at radius 1 is 1.24 bits per heavy atom. The second-order valence-corrected chi connectivity index (χ2v) is 6.40. The van der Waals surface area contributed by atoms with Crippen molar-refractivity contribution in [1.82, 2.24) is 4.72 Å². The lowest BCUT2D eigenvalue weighted by Crippen LogP contribution is -2.37. The standard InChI is InChI=1S/C14H21NO5S/c1-5-10(2)14(16)20-11(3)15-21(17,18)13-8-6-12(19-4)7-9-13/h6-11,15H,5H2,1-4H3. The molecule has 0 radical (unpaired) electrons. The molecule has 118 valence electrons. The summed E-state index contributed by atoms with van der Waals surface area (Å²) in [4.78, 5) is 11.7. The molecule has 0 amide bonds. The summed E-state index contributed by atoms with van der Waals surface area (Å²) in [6.07, 6.45) is -0.296. The molecule has 7 heteroatoms. The molecular formula is C14H21NO5S. The predicted octanol–water partition coefficient (Wildman–Crippen LogP) is 1.91. The van der Waals surface area contributed by atoms with Gasteiger partial charge in [0.05, 0.1) is 17.9 Å². The largest absolute Gasteiger partial charge is 0.497 e. The van der Waals surface area contributed by atoms with E-state index in [1.165, 1.54) is 26.2 Å². The number of ether oxygens (including phenoxy) is 2. The van der Waals surface area contributed by atoms with Gasteiger partial charge in [-0.25, -0.2) is 8.42 Å². The molecule has 2 atom stereocenters. The maximum atomic E-state index is 12.1. The van der Waals surface area contributed by atoms with Gasteiger partial charge in [-0.2, -0.15) is 4.72 Å². The average Bonchev–Trinajstić information content (AvgIpc) is 2.45.